The van der Waals surface area contributed by atoms with Gasteiger partial charge in [0.25, 0.3) is 0 Å². The van der Waals surface area contributed by atoms with E-state index in [2.05, 4.69) is 57.3 Å². The lowest BCUT2D eigenvalue weighted by molar-refractivity contribution is -0.655. The third-order valence-corrected chi connectivity index (χ3v) is 3.52. The summed E-state index contributed by atoms with van der Waals surface area (Å²) in [5.41, 5.74) is 1.44. The normalized spacial score (nSPS) is 11.6. The van der Waals surface area contributed by atoms with Crippen molar-refractivity contribution in [2.24, 2.45) is 0 Å². The van der Waals surface area contributed by atoms with Crippen LogP contribution >= 0.6 is 0 Å². The van der Waals surface area contributed by atoms with Gasteiger partial charge in [-0.25, -0.2) is 0 Å². The van der Waals surface area contributed by atoms with Crippen molar-refractivity contribution in [3.8, 4) is 5.75 Å². The maximum absolute atomic E-state index is 5.98. The number of ether oxygens (including phenoxy) is 1. The molecule has 0 unspecified atom stereocenters. The highest BCUT2D eigenvalue weighted by Gasteiger charge is 2.18. The third kappa shape index (κ3) is 6.42. The molecule has 2 heteroatoms. The van der Waals surface area contributed by atoms with Crippen molar-refractivity contribution in [2.75, 3.05) is 19.7 Å². The molecule has 0 fully saturated rings. The molecule has 2 nitrogen and oxygen atoms in total. The lowest BCUT2D eigenvalue weighted by Gasteiger charge is -2.22. The van der Waals surface area contributed by atoms with Gasteiger partial charge in [0.1, 0.15) is 5.75 Å². The lowest BCUT2D eigenvalue weighted by Crippen LogP contribution is -2.84. The quantitative estimate of drug-likeness (QED) is 0.687. The summed E-state index contributed by atoms with van der Waals surface area (Å²) in [5, 5.41) is 2.42. The van der Waals surface area contributed by atoms with Gasteiger partial charge in [0.05, 0.1) is 19.7 Å². The van der Waals surface area contributed by atoms with E-state index >= 15 is 0 Å². The Kier molecular flexibility index (Phi) is 7.68. The highest BCUT2D eigenvalue weighted by Crippen LogP contribution is 2.30. The maximum atomic E-state index is 5.98. The van der Waals surface area contributed by atoms with Gasteiger partial charge in [0.2, 0.25) is 0 Å². The fourth-order valence-electron chi connectivity index (χ4n) is 2.28. The summed E-state index contributed by atoms with van der Waals surface area (Å²) in [6.07, 6.45) is 5.00. The summed E-state index contributed by atoms with van der Waals surface area (Å²) >= 11 is 0. The number of para-hydroxylation sites is 1. The second-order valence-electron chi connectivity index (χ2n) is 6.52. The molecule has 0 bridgehead atoms. The van der Waals surface area contributed by atoms with E-state index < -0.39 is 0 Å². The highest BCUT2D eigenvalue weighted by molar-refractivity contribution is 5.38. The molecular formula is C18H32NO+. The van der Waals surface area contributed by atoms with E-state index in [4.69, 9.17) is 4.74 Å². The van der Waals surface area contributed by atoms with Crippen molar-refractivity contribution in [1.29, 1.82) is 0 Å². The minimum absolute atomic E-state index is 0.143. The molecule has 0 atom stereocenters. The Hall–Kier alpha value is -1.02. The molecule has 0 aromatic heterocycles. The Morgan fingerprint density at radius 2 is 1.70 bits per heavy atom. The second kappa shape index (κ2) is 9.02. The summed E-state index contributed by atoms with van der Waals surface area (Å²) in [5.74, 6) is 1.05. The van der Waals surface area contributed by atoms with Crippen LogP contribution in [0.15, 0.2) is 24.3 Å². The molecule has 0 amide bonds. The Balaban J connectivity index is 2.26. The number of nitrogens with two attached hydrogens (primary N) is 1. The molecule has 2 N–H and O–H groups in total. The van der Waals surface area contributed by atoms with E-state index in [1.807, 2.05) is 0 Å². The Labute approximate surface area is 124 Å². The predicted octanol–water partition coefficient (Wildman–Crippen LogP) is 3.51. The average molecular weight is 278 g/mol. The van der Waals surface area contributed by atoms with Crippen LogP contribution in [-0.4, -0.2) is 19.7 Å². The highest BCUT2D eigenvalue weighted by atomic mass is 16.5. The molecule has 0 heterocycles. The van der Waals surface area contributed by atoms with Crippen molar-refractivity contribution in [3.05, 3.63) is 29.8 Å². The first kappa shape index (κ1) is 17.0. The molecule has 0 aliphatic carbocycles. The topological polar surface area (TPSA) is 25.8 Å². The molecule has 0 radical (unpaired) electrons. The van der Waals surface area contributed by atoms with E-state index in [0.29, 0.717) is 0 Å². The first-order valence-corrected chi connectivity index (χ1v) is 8.09. The van der Waals surface area contributed by atoms with Gasteiger partial charge in [-0.1, -0.05) is 52.3 Å². The van der Waals surface area contributed by atoms with E-state index in [0.717, 1.165) is 18.8 Å². The number of hydrogen-bond acceptors (Lipinski definition) is 1. The van der Waals surface area contributed by atoms with Crippen LogP contribution in [0.25, 0.3) is 0 Å². The molecule has 1 rings (SSSR count). The van der Waals surface area contributed by atoms with E-state index in [1.54, 1.807) is 0 Å². The van der Waals surface area contributed by atoms with Gasteiger partial charge in [-0.05, 0) is 36.3 Å². The van der Waals surface area contributed by atoms with Crippen molar-refractivity contribution < 1.29 is 10.1 Å². The number of quaternary nitrogens is 1. The SMILES string of the molecule is CCCC[NH2+]CCCCOc1ccccc1C(C)(C)C. The number of benzene rings is 1. The third-order valence-electron chi connectivity index (χ3n) is 3.52. The first-order valence-electron chi connectivity index (χ1n) is 8.09. The van der Waals surface area contributed by atoms with Gasteiger partial charge in [0.15, 0.2) is 0 Å². The molecule has 0 saturated carbocycles. The molecule has 20 heavy (non-hydrogen) atoms. The standard InChI is InChI=1S/C18H31NO/c1-5-6-13-19-14-9-10-15-20-17-12-8-7-11-16(17)18(2,3)4/h7-8,11-12,19H,5-6,9-10,13-15H2,1-4H3/p+1. The van der Waals surface area contributed by atoms with Gasteiger partial charge in [0, 0.05) is 0 Å². The van der Waals surface area contributed by atoms with Crippen LogP contribution in [0, 0.1) is 0 Å². The molecule has 1 aromatic rings. The zero-order valence-corrected chi connectivity index (χ0v) is 13.7. The van der Waals surface area contributed by atoms with E-state index in [9.17, 15) is 0 Å². The predicted molar refractivity (Wildman–Crippen MR) is 86.4 cm³/mol. The summed E-state index contributed by atoms with van der Waals surface area (Å²) in [7, 11) is 0. The average Bonchev–Trinajstić information content (AvgIpc) is 2.41. The van der Waals surface area contributed by atoms with Crippen LogP contribution in [0.5, 0.6) is 5.75 Å². The number of unbranched alkanes of at least 4 members (excludes halogenated alkanes) is 2. The minimum atomic E-state index is 0.143. The van der Waals surface area contributed by atoms with Crippen molar-refractivity contribution in [1.82, 2.24) is 0 Å². The Morgan fingerprint density at radius 1 is 1.00 bits per heavy atom. The van der Waals surface area contributed by atoms with Crippen LogP contribution < -0.4 is 10.1 Å². The van der Waals surface area contributed by atoms with Crippen LogP contribution in [0.1, 0.15) is 58.9 Å². The van der Waals surface area contributed by atoms with Crippen LogP contribution in [0.3, 0.4) is 0 Å². The summed E-state index contributed by atoms with van der Waals surface area (Å²) in [6.45, 7) is 12.3. The zero-order valence-electron chi connectivity index (χ0n) is 13.7. The number of hydrogen-bond donors (Lipinski definition) is 1. The monoisotopic (exact) mass is 278 g/mol. The second-order valence-corrected chi connectivity index (χ2v) is 6.52. The molecule has 114 valence electrons. The van der Waals surface area contributed by atoms with Gasteiger partial charge in [-0.3, -0.25) is 0 Å². The first-order chi connectivity index (χ1) is 9.55. The molecule has 0 aliphatic heterocycles. The molecule has 0 spiro atoms. The lowest BCUT2D eigenvalue weighted by atomic mass is 9.86. The van der Waals surface area contributed by atoms with Crippen LogP contribution in [-0.2, 0) is 5.41 Å². The van der Waals surface area contributed by atoms with Gasteiger partial charge < -0.3 is 10.1 Å². The van der Waals surface area contributed by atoms with Gasteiger partial charge in [-0.15, -0.1) is 0 Å². The minimum Gasteiger partial charge on any atom is -0.493 e. The zero-order chi connectivity index (χ0) is 14.8. The van der Waals surface area contributed by atoms with Crippen LogP contribution in [0.4, 0.5) is 0 Å². The van der Waals surface area contributed by atoms with Gasteiger partial charge >= 0.3 is 0 Å². The molecule has 0 aliphatic rings. The van der Waals surface area contributed by atoms with Crippen LogP contribution in [0.2, 0.25) is 0 Å². The van der Waals surface area contributed by atoms with Crippen molar-refractivity contribution >= 4 is 0 Å². The Bertz CT molecular complexity index is 368. The molecular weight excluding hydrogens is 246 g/mol. The maximum Gasteiger partial charge on any atom is 0.123 e. The van der Waals surface area contributed by atoms with E-state index in [1.165, 1.54) is 37.9 Å². The smallest absolute Gasteiger partial charge is 0.123 e. The molecule has 0 saturated heterocycles. The summed E-state index contributed by atoms with van der Waals surface area (Å²) in [4.78, 5) is 0. The summed E-state index contributed by atoms with van der Waals surface area (Å²) < 4.78 is 5.98. The van der Waals surface area contributed by atoms with Crippen molar-refractivity contribution in [3.63, 3.8) is 0 Å². The summed E-state index contributed by atoms with van der Waals surface area (Å²) in [6, 6.07) is 8.42. The fraction of sp³-hybridized carbons (Fsp3) is 0.667. The van der Waals surface area contributed by atoms with Crippen molar-refractivity contribution in [2.45, 2.75) is 58.8 Å². The fourth-order valence-corrected chi connectivity index (χ4v) is 2.28. The molecule has 1 aromatic carbocycles. The number of rotatable bonds is 9. The Morgan fingerprint density at radius 3 is 2.40 bits per heavy atom. The van der Waals surface area contributed by atoms with Gasteiger partial charge in [-0.2, -0.15) is 0 Å². The van der Waals surface area contributed by atoms with E-state index in [-0.39, 0.29) is 5.41 Å². The largest absolute Gasteiger partial charge is 0.493 e.